The summed E-state index contributed by atoms with van der Waals surface area (Å²) in [5, 5.41) is 0. The highest BCUT2D eigenvalue weighted by Crippen LogP contribution is 2.00. The summed E-state index contributed by atoms with van der Waals surface area (Å²) in [4.78, 5) is 7.89. The fourth-order valence-electron chi connectivity index (χ4n) is 1.09. The van der Waals surface area contributed by atoms with Crippen molar-refractivity contribution in [2.45, 2.75) is 27.7 Å². The van der Waals surface area contributed by atoms with Gasteiger partial charge in [0.1, 0.15) is 0 Å². The molecule has 0 aliphatic heterocycles. The normalized spacial score (nSPS) is 9.25. The van der Waals surface area contributed by atoms with Crippen molar-refractivity contribution in [3.8, 4) is 0 Å². The Morgan fingerprint density at radius 3 is 1.25 bits per heavy atom. The highest BCUT2D eigenvalue weighted by atomic mass is 14.6. The highest BCUT2D eigenvalue weighted by molar-refractivity contribution is 5.19. The predicted octanol–water partition coefficient (Wildman–Crippen LogP) is 3.89. The van der Waals surface area contributed by atoms with Crippen LogP contribution in [0, 0.1) is 27.7 Å². The minimum absolute atomic E-state index is 0. The van der Waals surface area contributed by atoms with Crippen LogP contribution in [0.2, 0.25) is 0 Å². The van der Waals surface area contributed by atoms with E-state index in [1.54, 1.807) is 0 Å². The standard InChI is InChI=1S/2C7H9N.2H2/c2*1-6-3-4-8-5-7(6)2;;/h2*3-5H,1-2H3;2*1H. The maximum absolute atomic E-state index is 3.95. The molecule has 0 saturated carbocycles. The van der Waals surface area contributed by atoms with Crippen LogP contribution >= 0.6 is 0 Å². The molecule has 0 aliphatic carbocycles. The average molecular weight is 218 g/mol. The van der Waals surface area contributed by atoms with E-state index < -0.39 is 0 Å². The van der Waals surface area contributed by atoms with Crippen LogP contribution in [0.1, 0.15) is 25.1 Å². The number of aryl methyl sites for hydroxylation is 4. The van der Waals surface area contributed by atoms with Gasteiger partial charge in [0.2, 0.25) is 0 Å². The van der Waals surface area contributed by atoms with Crippen LogP contribution in [-0.2, 0) is 0 Å². The van der Waals surface area contributed by atoms with Crippen LogP contribution in [0.25, 0.3) is 0 Å². The summed E-state index contributed by atoms with van der Waals surface area (Å²) in [5.41, 5.74) is 5.13. The molecule has 0 N–H and O–H groups in total. The number of aromatic nitrogens is 2. The Morgan fingerprint density at radius 2 is 1.06 bits per heavy atom. The second-order valence-corrected chi connectivity index (χ2v) is 3.92. The van der Waals surface area contributed by atoms with Crippen molar-refractivity contribution in [2.75, 3.05) is 0 Å². The second kappa shape index (κ2) is 6.01. The van der Waals surface area contributed by atoms with Crippen LogP contribution in [0.5, 0.6) is 0 Å². The average Bonchev–Trinajstić information content (AvgIpc) is 2.28. The molecule has 2 rings (SSSR count). The lowest BCUT2D eigenvalue weighted by molar-refractivity contribution is 1.22. The van der Waals surface area contributed by atoms with Crippen molar-refractivity contribution in [1.82, 2.24) is 9.97 Å². The van der Waals surface area contributed by atoms with Crippen LogP contribution < -0.4 is 0 Å². The van der Waals surface area contributed by atoms with E-state index in [2.05, 4.69) is 37.7 Å². The van der Waals surface area contributed by atoms with Crippen LogP contribution in [0.3, 0.4) is 0 Å². The van der Waals surface area contributed by atoms with E-state index in [0.29, 0.717) is 0 Å². The van der Waals surface area contributed by atoms with E-state index in [1.165, 1.54) is 22.3 Å². The van der Waals surface area contributed by atoms with Crippen LogP contribution in [-0.4, -0.2) is 9.97 Å². The van der Waals surface area contributed by atoms with Gasteiger partial charge in [0, 0.05) is 27.6 Å². The third-order valence-corrected chi connectivity index (χ3v) is 2.60. The summed E-state index contributed by atoms with van der Waals surface area (Å²) in [6, 6.07) is 4.02. The van der Waals surface area contributed by atoms with Crippen LogP contribution in [0.15, 0.2) is 36.9 Å². The highest BCUT2D eigenvalue weighted by Gasteiger charge is 1.85. The van der Waals surface area contributed by atoms with Gasteiger partial charge in [-0.15, -0.1) is 0 Å². The minimum Gasteiger partial charge on any atom is -0.264 e. The second-order valence-electron chi connectivity index (χ2n) is 3.92. The Balaban J connectivity index is 0. The predicted molar refractivity (Wildman–Crippen MR) is 71.7 cm³/mol. The number of hydrogen-bond donors (Lipinski definition) is 0. The monoisotopic (exact) mass is 218 g/mol. The first-order chi connectivity index (χ1) is 7.61. The molecule has 0 saturated heterocycles. The molecule has 2 heterocycles. The van der Waals surface area contributed by atoms with E-state index in [1.807, 2.05) is 36.9 Å². The molecule has 2 heteroatoms. The fourth-order valence-corrected chi connectivity index (χ4v) is 1.09. The number of pyridine rings is 2. The Hall–Kier alpha value is -1.70. The molecule has 0 atom stereocenters. The first-order valence-corrected chi connectivity index (χ1v) is 5.35. The molecule has 0 bridgehead atoms. The molecule has 2 aromatic rings. The summed E-state index contributed by atoms with van der Waals surface area (Å²) in [5.74, 6) is 0. The number of rotatable bonds is 0. The van der Waals surface area contributed by atoms with Gasteiger partial charge in [0.15, 0.2) is 0 Å². The maximum Gasteiger partial charge on any atom is 0.0299 e. The van der Waals surface area contributed by atoms with Gasteiger partial charge < -0.3 is 0 Å². The molecular formula is C14H22N2. The molecule has 2 aromatic heterocycles. The largest absolute Gasteiger partial charge is 0.264 e. The summed E-state index contributed by atoms with van der Waals surface area (Å²) in [6.07, 6.45) is 7.36. The Morgan fingerprint density at radius 1 is 0.688 bits per heavy atom. The first kappa shape index (κ1) is 12.4. The topological polar surface area (TPSA) is 25.8 Å². The van der Waals surface area contributed by atoms with Gasteiger partial charge in [-0.1, -0.05) is 0 Å². The summed E-state index contributed by atoms with van der Waals surface area (Å²) >= 11 is 0. The Kier molecular flexibility index (Phi) is 4.65. The molecule has 88 valence electrons. The van der Waals surface area contributed by atoms with Crippen molar-refractivity contribution in [1.29, 1.82) is 0 Å². The molecule has 2 nitrogen and oxygen atoms in total. The third kappa shape index (κ3) is 3.81. The van der Waals surface area contributed by atoms with E-state index >= 15 is 0 Å². The van der Waals surface area contributed by atoms with E-state index in [0.717, 1.165) is 0 Å². The molecule has 0 fully saturated rings. The summed E-state index contributed by atoms with van der Waals surface area (Å²) in [7, 11) is 0. The quantitative estimate of drug-likeness (QED) is 0.670. The van der Waals surface area contributed by atoms with Gasteiger partial charge in [0.05, 0.1) is 0 Å². The van der Waals surface area contributed by atoms with Gasteiger partial charge in [0.25, 0.3) is 0 Å². The molecule has 0 aromatic carbocycles. The summed E-state index contributed by atoms with van der Waals surface area (Å²) < 4.78 is 0. The van der Waals surface area contributed by atoms with Crippen molar-refractivity contribution < 1.29 is 2.85 Å². The summed E-state index contributed by atoms with van der Waals surface area (Å²) in [6.45, 7) is 8.28. The van der Waals surface area contributed by atoms with Gasteiger partial charge in [-0.2, -0.15) is 0 Å². The third-order valence-electron chi connectivity index (χ3n) is 2.60. The van der Waals surface area contributed by atoms with Gasteiger partial charge in [-0.3, -0.25) is 9.97 Å². The lowest BCUT2D eigenvalue weighted by atomic mass is 10.2. The Labute approximate surface area is 100 Å². The van der Waals surface area contributed by atoms with Gasteiger partial charge in [-0.05, 0) is 62.1 Å². The van der Waals surface area contributed by atoms with E-state index in [4.69, 9.17) is 0 Å². The van der Waals surface area contributed by atoms with Crippen molar-refractivity contribution in [3.63, 3.8) is 0 Å². The minimum atomic E-state index is 0. The molecule has 0 unspecified atom stereocenters. The van der Waals surface area contributed by atoms with Crippen molar-refractivity contribution in [3.05, 3.63) is 59.2 Å². The fraction of sp³-hybridized carbons (Fsp3) is 0.286. The molecule has 16 heavy (non-hydrogen) atoms. The zero-order valence-electron chi connectivity index (χ0n) is 10.4. The number of nitrogens with zero attached hydrogens (tertiary/aromatic N) is 2. The molecule has 0 amide bonds. The van der Waals surface area contributed by atoms with Crippen molar-refractivity contribution in [2.24, 2.45) is 0 Å². The zero-order valence-corrected chi connectivity index (χ0v) is 10.4. The molecule has 0 spiro atoms. The lowest BCUT2D eigenvalue weighted by Gasteiger charge is -1.92. The maximum atomic E-state index is 3.95. The van der Waals surface area contributed by atoms with E-state index in [-0.39, 0.29) is 2.85 Å². The van der Waals surface area contributed by atoms with Crippen LogP contribution in [0.4, 0.5) is 0 Å². The zero-order chi connectivity index (χ0) is 12.0. The van der Waals surface area contributed by atoms with Gasteiger partial charge >= 0.3 is 0 Å². The van der Waals surface area contributed by atoms with Crippen molar-refractivity contribution >= 4 is 0 Å². The first-order valence-electron chi connectivity index (χ1n) is 5.35. The number of hydrogen-bond acceptors (Lipinski definition) is 2. The Bertz CT molecular complexity index is 374. The SMILES string of the molecule is Cc1ccncc1C.Cc1ccncc1C.[HH].[HH]. The lowest BCUT2D eigenvalue weighted by Crippen LogP contribution is -1.78. The molecule has 0 radical (unpaired) electrons. The molecular weight excluding hydrogens is 196 g/mol. The van der Waals surface area contributed by atoms with E-state index in [9.17, 15) is 0 Å². The molecule has 0 aliphatic rings. The van der Waals surface area contributed by atoms with Gasteiger partial charge in [-0.25, -0.2) is 0 Å². The smallest absolute Gasteiger partial charge is 0.0299 e.